The third-order valence-corrected chi connectivity index (χ3v) is 8.08. The number of halogens is 1. The molecule has 0 spiro atoms. The first-order valence-corrected chi connectivity index (χ1v) is 12.4. The fourth-order valence-corrected chi connectivity index (χ4v) is 6.18. The van der Waals surface area contributed by atoms with E-state index in [1.54, 1.807) is 17.2 Å². The van der Waals surface area contributed by atoms with Gasteiger partial charge in [0, 0.05) is 29.6 Å². The number of hydrogen-bond donors (Lipinski definition) is 2. The van der Waals surface area contributed by atoms with Crippen LogP contribution in [0.15, 0.2) is 18.3 Å². The average molecular weight is 472 g/mol. The molecule has 2 N–H and O–H groups in total. The second kappa shape index (κ2) is 9.46. The first-order valence-electron chi connectivity index (χ1n) is 10.8. The van der Waals surface area contributed by atoms with Crippen molar-refractivity contribution >= 4 is 29.1 Å². The van der Waals surface area contributed by atoms with E-state index in [4.69, 9.17) is 11.6 Å². The molecule has 2 rings (SSSR count). The molecular weight excluding hydrogens is 434 g/mol. The first kappa shape index (κ1) is 26.2. The Morgan fingerprint density at radius 1 is 1.35 bits per heavy atom. The van der Waals surface area contributed by atoms with Gasteiger partial charge >= 0.3 is 6.09 Å². The molecule has 1 aromatic heterocycles. The van der Waals surface area contributed by atoms with E-state index >= 15 is 0 Å². The second-order valence-electron chi connectivity index (χ2n) is 11.2. The van der Waals surface area contributed by atoms with Gasteiger partial charge in [0.1, 0.15) is 4.75 Å². The van der Waals surface area contributed by atoms with Crippen molar-refractivity contribution in [3.05, 3.63) is 29.0 Å². The number of amides is 1. The maximum absolute atomic E-state index is 12.8. The van der Waals surface area contributed by atoms with E-state index in [2.05, 4.69) is 30.5 Å². The summed E-state index contributed by atoms with van der Waals surface area (Å²) >= 11 is 4.76. The van der Waals surface area contributed by atoms with Crippen LogP contribution in [0.25, 0.3) is 0 Å². The second-order valence-corrected chi connectivity index (χ2v) is 13.6. The van der Waals surface area contributed by atoms with Gasteiger partial charge in [-0.05, 0) is 76.8 Å². The van der Waals surface area contributed by atoms with E-state index in [1.165, 1.54) is 0 Å². The van der Waals surface area contributed by atoms with Crippen molar-refractivity contribution < 1.29 is 14.5 Å². The lowest BCUT2D eigenvalue weighted by Crippen LogP contribution is -2.49. The van der Waals surface area contributed by atoms with Crippen LogP contribution in [0.2, 0.25) is 5.02 Å². The van der Waals surface area contributed by atoms with Crippen molar-refractivity contribution in [2.75, 3.05) is 6.54 Å². The summed E-state index contributed by atoms with van der Waals surface area (Å²) in [4.78, 5) is 18.0. The summed E-state index contributed by atoms with van der Waals surface area (Å²) in [6, 6.07) is 3.45. The molecular formula is C23H38ClN3O3S. The molecule has 176 valence electrons. The van der Waals surface area contributed by atoms with Crippen molar-refractivity contribution in [2.24, 2.45) is 17.3 Å². The van der Waals surface area contributed by atoms with Crippen LogP contribution in [0.1, 0.15) is 80.0 Å². The zero-order valence-electron chi connectivity index (χ0n) is 20.0. The molecule has 1 fully saturated rings. The minimum Gasteiger partial charge on any atom is -0.598 e. The number of hydrogen-bond acceptors (Lipinski definition) is 4. The quantitative estimate of drug-likeness (QED) is 0.522. The van der Waals surface area contributed by atoms with Gasteiger partial charge in [-0.3, -0.25) is 4.98 Å². The highest BCUT2D eigenvalue weighted by molar-refractivity contribution is 7.90. The lowest BCUT2D eigenvalue weighted by atomic mass is 9.65. The summed E-state index contributed by atoms with van der Waals surface area (Å²) in [5, 5.41) is 10.3. The normalized spacial score (nSPS) is 23.6. The van der Waals surface area contributed by atoms with E-state index in [9.17, 15) is 14.5 Å². The van der Waals surface area contributed by atoms with Crippen molar-refractivity contribution in [1.82, 2.24) is 14.6 Å². The molecule has 0 aliphatic carbocycles. The van der Waals surface area contributed by atoms with Crippen molar-refractivity contribution in [2.45, 2.75) is 84.6 Å². The Morgan fingerprint density at radius 3 is 2.42 bits per heavy atom. The van der Waals surface area contributed by atoms with Crippen LogP contribution in [-0.2, 0) is 11.4 Å². The number of nitrogens with zero attached hydrogens (tertiary/aromatic N) is 2. The van der Waals surface area contributed by atoms with Crippen LogP contribution in [-0.4, -0.2) is 42.5 Å². The van der Waals surface area contributed by atoms with Gasteiger partial charge in [0.2, 0.25) is 0 Å². The Bertz CT molecular complexity index is 759. The van der Waals surface area contributed by atoms with Gasteiger partial charge in [0.05, 0.1) is 16.8 Å². The molecule has 2 heterocycles. The minimum atomic E-state index is -1.26. The summed E-state index contributed by atoms with van der Waals surface area (Å²) in [5.74, 6) is 0.397. The van der Waals surface area contributed by atoms with Gasteiger partial charge < -0.3 is 14.6 Å². The van der Waals surface area contributed by atoms with Crippen molar-refractivity contribution in [3.8, 4) is 0 Å². The Hall–Kier alpha value is -1.02. The topological polar surface area (TPSA) is 88.5 Å². The molecule has 1 aliphatic rings. The molecule has 0 bridgehead atoms. The third-order valence-electron chi connectivity index (χ3n) is 6.25. The van der Waals surface area contributed by atoms with E-state index in [0.717, 1.165) is 12.1 Å². The number of pyridine rings is 1. The summed E-state index contributed by atoms with van der Waals surface area (Å²) in [6.07, 6.45) is 2.24. The van der Waals surface area contributed by atoms with E-state index < -0.39 is 27.7 Å². The van der Waals surface area contributed by atoms with E-state index in [1.807, 2.05) is 40.7 Å². The highest BCUT2D eigenvalue weighted by Gasteiger charge is 2.53. The highest BCUT2D eigenvalue weighted by atomic mass is 35.5. The van der Waals surface area contributed by atoms with Crippen LogP contribution >= 0.6 is 11.6 Å². The zero-order valence-corrected chi connectivity index (χ0v) is 21.6. The summed E-state index contributed by atoms with van der Waals surface area (Å²) in [7, 11) is 0. The van der Waals surface area contributed by atoms with Crippen LogP contribution < -0.4 is 4.72 Å². The van der Waals surface area contributed by atoms with Gasteiger partial charge in [-0.1, -0.05) is 32.4 Å². The molecule has 31 heavy (non-hydrogen) atoms. The SMILES string of the molecule is CC(C)(C)C1[C@H](CCC(N[S+]([O-])C(C)(C)C)c2ccc(Cl)cn2)CN(C(=O)O)C1(C)C. The molecule has 0 radical (unpaired) electrons. The van der Waals surface area contributed by atoms with Gasteiger partial charge in [-0.2, -0.15) is 0 Å². The fourth-order valence-electron chi connectivity index (χ4n) is 5.22. The lowest BCUT2D eigenvalue weighted by molar-refractivity contribution is 0.0632. The minimum absolute atomic E-state index is 0.0476. The maximum atomic E-state index is 12.8. The fraction of sp³-hybridized carbons (Fsp3) is 0.739. The summed E-state index contributed by atoms with van der Waals surface area (Å²) in [5.41, 5.74) is 0.292. The monoisotopic (exact) mass is 471 g/mol. The molecule has 1 aliphatic heterocycles. The molecule has 1 saturated heterocycles. The molecule has 3 unspecified atom stereocenters. The number of nitrogens with one attached hydrogen (secondary N) is 1. The standard InChI is InChI=1S/C23H38ClN3O3S/c1-21(2,3)19-15(14-27(20(28)29)23(19,7)8)9-11-18(26-31(30)22(4,5)6)17-12-10-16(24)13-25-17/h10,12-13,15,18-19,26H,9,11,14H2,1-8H3,(H,28,29)/t15-,18?,19?,31?/m1/s1. The number of rotatable bonds is 6. The van der Waals surface area contributed by atoms with Gasteiger partial charge in [-0.15, -0.1) is 4.72 Å². The summed E-state index contributed by atoms with van der Waals surface area (Å²) in [6.45, 7) is 16.9. The molecule has 4 atom stereocenters. The van der Waals surface area contributed by atoms with E-state index in [0.29, 0.717) is 18.0 Å². The lowest BCUT2D eigenvalue weighted by Gasteiger charge is -2.42. The Kier molecular flexibility index (Phi) is 8.00. The predicted molar refractivity (Wildman–Crippen MR) is 127 cm³/mol. The van der Waals surface area contributed by atoms with Crippen LogP contribution in [0.4, 0.5) is 4.79 Å². The van der Waals surface area contributed by atoms with E-state index in [-0.39, 0.29) is 23.3 Å². The van der Waals surface area contributed by atoms with Crippen molar-refractivity contribution in [3.63, 3.8) is 0 Å². The molecule has 1 amide bonds. The molecule has 6 nitrogen and oxygen atoms in total. The number of likely N-dealkylation sites (tertiary alicyclic amines) is 1. The molecule has 0 saturated carbocycles. The van der Waals surface area contributed by atoms with Gasteiger partial charge in [-0.25, -0.2) is 4.79 Å². The molecule has 1 aromatic rings. The number of carboxylic acid groups (broad SMARTS) is 1. The highest BCUT2D eigenvalue weighted by Crippen LogP contribution is 2.50. The number of aromatic nitrogens is 1. The van der Waals surface area contributed by atoms with Crippen molar-refractivity contribution in [1.29, 1.82) is 0 Å². The maximum Gasteiger partial charge on any atom is 0.407 e. The van der Waals surface area contributed by atoms with Crippen LogP contribution in [0.3, 0.4) is 0 Å². The van der Waals surface area contributed by atoms with Gasteiger partial charge in [0.15, 0.2) is 0 Å². The molecule has 0 aromatic carbocycles. The summed E-state index contributed by atoms with van der Waals surface area (Å²) < 4.78 is 15.7. The van der Waals surface area contributed by atoms with Crippen LogP contribution in [0.5, 0.6) is 0 Å². The van der Waals surface area contributed by atoms with Crippen LogP contribution in [0, 0.1) is 17.3 Å². The Labute approximate surface area is 195 Å². The Morgan fingerprint density at radius 2 is 1.97 bits per heavy atom. The zero-order chi connectivity index (χ0) is 23.8. The first-order chi connectivity index (χ1) is 14.0. The average Bonchev–Trinajstić information content (AvgIpc) is 2.89. The smallest absolute Gasteiger partial charge is 0.407 e. The third kappa shape index (κ3) is 6.28. The largest absolute Gasteiger partial charge is 0.598 e. The van der Waals surface area contributed by atoms with Gasteiger partial charge in [0.25, 0.3) is 0 Å². The Balaban J connectivity index is 2.27. The molecule has 8 heteroatoms. The number of carbonyl (C=O) groups is 1. The predicted octanol–water partition coefficient (Wildman–Crippen LogP) is 5.66.